The summed E-state index contributed by atoms with van der Waals surface area (Å²) in [4.78, 5) is 15.3. The zero-order valence-electron chi connectivity index (χ0n) is 8.98. The number of amides is 1. The van der Waals surface area contributed by atoms with Crippen LogP contribution in [0, 0.1) is 0 Å². The molecule has 0 saturated heterocycles. The molecule has 1 atom stereocenters. The molecule has 5 nitrogen and oxygen atoms in total. The Balaban J connectivity index is 2.53. The predicted molar refractivity (Wildman–Crippen MR) is 60.0 cm³/mol. The van der Waals surface area contributed by atoms with Crippen molar-refractivity contribution in [2.75, 3.05) is 5.32 Å². The van der Waals surface area contributed by atoms with Crippen molar-refractivity contribution in [2.45, 2.75) is 32.9 Å². The van der Waals surface area contributed by atoms with Crippen LogP contribution in [0.1, 0.15) is 32.5 Å². The molecular weight excluding hydrogens is 214 g/mol. The van der Waals surface area contributed by atoms with Gasteiger partial charge in [-0.05, 0) is 20.8 Å². The largest absolute Gasteiger partial charge is 0.447 e. The van der Waals surface area contributed by atoms with Crippen molar-refractivity contribution in [3.63, 3.8) is 0 Å². The van der Waals surface area contributed by atoms with Gasteiger partial charge in [-0.15, -0.1) is 11.3 Å². The Bertz CT molecular complexity index is 336. The molecule has 1 aromatic rings. The summed E-state index contributed by atoms with van der Waals surface area (Å²) in [5.74, 6) is 0. The van der Waals surface area contributed by atoms with Gasteiger partial charge in [-0.3, -0.25) is 5.32 Å². The molecule has 84 valence electrons. The average Bonchev–Trinajstić information content (AvgIpc) is 2.50. The second-order valence-corrected chi connectivity index (χ2v) is 4.30. The van der Waals surface area contributed by atoms with Crippen molar-refractivity contribution >= 4 is 22.6 Å². The number of hydrogen-bond donors (Lipinski definition) is 2. The highest BCUT2D eigenvalue weighted by atomic mass is 32.1. The number of thiazole rings is 1. The standard InChI is InChI=1S/C9H15N3O2S/c1-5(2)14-9(13)12-8-11-7(4-15-8)6(3)10/h4-6H,10H2,1-3H3,(H,11,12,13). The van der Waals surface area contributed by atoms with Gasteiger partial charge >= 0.3 is 6.09 Å². The summed E-state index contributed by atoms with van der Waals surface area (Å²) in [6.45, 7) is 5.41. The Morgan fingerprint density at radius 3 is 2.73 bits per heavy atom. The first-order valence-corrected chi connectivity index (χ1v) is 5.55. The number of anilines is 1. The Kier molecular flexibility index (Phi) is 4.05. The van der Waals surface area contributed by atoms with Crippen molar-refractivity contribution in [2.24, 2.45) is 5.73 Å². The zero-order valence-corrected chi connectivity index (χ0v) is 9.80. The van der Waals surface area contributed by atoms with E-state index >= 15 is 0 Å². The summed E-state index contributed by atoms with van der Waals surface area (Å²) in [5.41, 5.74) is 6.40. The molecule has 15 heavy (non-hydrogen) atoms. The van der Waals surface area contributed by atoms with Gasteiger partial charge in [0.2, 0.25) is 0 Å². The molecule has 0 aromatic carbocycles. The fraction of sp³-hybridized carbons (Fsp3) is 0.556. The quantitative estimate of drug-likeness (QED) is 0.832. The highest BCUT2D eigenvalue weighted by Gasteiger charge is 2.10. The molecule has 0 radical (unpaired) electrons. The maximum Gasteiger partial charge on any atom is 0.413 e. The van der Waals surface area contributed by atoms with E-state index in [2.05, 4.69) is 10.3 Å². The summed E-state index contributed by atoms with van der Waals surface area (Å²) < 4.78 is 4.91. The van der Waals surface area contributed by atoms with Crippen LogP contribution in [-0.2, 0) is 4.74 Å². The fourth-order valence-electron chi connectivity index (χ4n) is 0.884. The number of nitrogens with zero attached hydrogens (tertiary/aromatic N) is 1. The van der Waals surface area contributed by atoms with E-state index in [1.165, 1.54) is 11.3 Å². The molecule has 0 aliphatic heterocycles. The van der Waals surface area contributed by atoms with Crippen molar-refractivity contribution < 1.29 is 9.53 Å². The number of aromatic nitrogens is 1. The van der Waals surface area contributed by atoms with E-state index in [0.717, 1.165) is 5.69 Å². The molecule has 0 fully saturated rings. The first-order chi connectivity index (χ1) is 6.99. The minimum absolute atomic E-state index is 0.127. The van der Waals surface area contributed by atoms with Gasteiger partial charge in [-0.25, -0.2) is 9.78 Å². The number of rotatable bonds is 3. The number of hydrogen-bond acceptors (Lipinski definition) is 5. The second kappa shape index (κ2) is 5.09. The first-order valence-electron chi connectivity index (χ1n) is 4.67. The molecule has 6 heteroatoms. The topological polar surface area (TPSA) is 77.2 Å². The van der Waals surface area contributed by atoms with Crippen LogP contribution in [0.5, 0.6) is 0 Å². The van der Waals surface area contributed by atoms with Gasteiger partial charge in [0.15, 0.2) is 5.13 Å². The Morgan fingerprint density at radius 2 is 2.27 bits per heavy atom. The molecule has 0 spiro atoms. The van der Waals surface area contributed by atoms with E-state index in [0.29, 0.717) is 5.13 Å². The van der Waals surface area contributed by atoms with E-state index in [1.54, 1.807) is 13.8 Å². The summed E-state index contributed by atoms with van der Waals surface area (Å²) in [7, 11) is 0. The normalized spacial score (nSPS) is 12.6. The third kappa shape index (κ3) is 3.85. The smallest absolute Gasteiger partial charge is 0.413 e. The number of nitrogens with one attached hydrogen (secondary N) is 1. The van der Waals surface area contributed by atoms with Crippen molar-refractivity contribution in [1.29, 1.82) is 0 Å². The van der Waals surface area contributed by atoms with E-state index in [9.17, 15) is 4.79 Å². The molecule has 0 aliphatic carbocycles. The number of carbonyl (C=O) groups excluding carboxylic acids is 1. The third-order valence-electron chi connectivity index (χ3n) is 1.54. The van der Waals surface area contributed by atoms with Gasteiger partial charge in [-0.2, -0.15) is 0 Å². The van der Waals surface area contributed by atoms with Gasteiger partial charge in [0.25, 0.3) is 0 Å². The maximum absolute atomic E-state index is 11.2. The SMILES string of the molecule is CC(C)OC(=O)Nc1nc(C(C)N)cs1. The Hall–Kier alpha value is -1.14. The van der Waals surface area contributed by atoms with Crippen LogP contribution in [0.25, 0.3) is 0 Å². The minimum Gasteiger partial charge on any atom is -0.447 e. The van der Waals surface area contributed by atoms with Gasteiger partial charge < -0.3 is 10.5 Å². The van der Waals surface area contributed by atoms with Crippen LogP contribution >= 0.6 is 11.3 Å². The average molecular weight is 229 g/mol. The van der Waals surface area contributed by atoms with Crippen LogP contribution in [-0.4, -0.2) is 17.2 Å². The highest BCUT2D eigenvalue weighted by molar-refractivity contribution is 7.13. The molecule has 1 heterocycles. The molecule has 0 bridgehead atoms. The molecular formula is C9H15N3O2S. The van der Waals surface area contributed by atoms with Gasteiger partial charge in [0, 0.05) is 11.4 Å². The lowest BCUT2D eigenvalue weighted by Crippen LogP contribution is -2.18. The first kappa shape index (κ1) is 11.9. The van der Waals surface area contributed by atoms with Crippen molar-refractivity contribution in [1.82, 2.24) is 4.98 Å². The third-order valence-corrected chi connectivity index (χ3v) is 2.32. The molecule has 0 aliphatic rings. The summed E-state index contributed by atoms with van der Waals surface area (Å²) in [5, 5.41) is 4.86. The lowest BCUT2D eigenvalue weighted by atomic mass is 10.3. The summed E-state index contributed by atoms with van der Waals surface area (Å²) >= 11 is 1.33. The van der Waals surface area contributed by atoms with Crippen LogP contribution in [0.15, 0.2) is 5.38 Å². The molecule has 1 amide bonds. The molecule has 1 unspecified atom stereocenters. The lowest BCUT2D eigenvalue weighted by Gasteiger charge is -2.07. The molecule has 3 N–H and O–H groups in total. The van der Waals surface area contributed by atoms with Gasteiger partial charge in [0.05, 0.1) is 11.8 Å². The lowest BCUT2D eigenvalue weighted by molar-refractivity contribution is 0.130. The second-order valence-electron chi connectivity index (χ2n) is 3.45. The van der Waals surface area contributed by atoms with E-state index < -0.39 is 6.09 Å². The number of carbonyl (C=O) groups is 1. The highest BCUT2D eigenvalue weighted by Crippen LogP contribution is 2.19. The zero-order chi connectivity index (χ0) is 11.4. The maximum atomic E-state index is 11.2. The Labute approximate surface area is 92.6 Å². The fourth-order valence-corrected chi connectivity index (χ4v) is 1.68. The summed E-state index contributed by atoms with van der Waals surface area (Å²) in [6.07, 6.45) is -0.631. The van der Waals surface area contributed by atoms with Crippen molar-refractivity contribution in [3.05, 3.63) is 11.1 Å². The van der Waals surface area contributed by atoms with Crippen molar-refractivity contribution in [3.8, 4) is 0 Å². The molecule has 1 aromatic heterocycles. The summed E-state index contributed by atoms with van der Waals surface area (Å²) in [6, 6.07) is -0.127. The molecule has 0 saturated carbocycles. The van der Waals surface area contributed by atoms with E-state index in [-0.39, 0.29) is 12.1 Å². The van der Waals surface area contributed by atoms with Gasteiger partial charge in [-0.1, -0.05) is 0 Å². The van der Waals surface area contributed by atoms with E-state index in [1.807, 2.05) is 12.3 Å². The van der Waals surface area contributed by atoms with Crippen LogP contribution < -0.4 is 11.1 Å². The van der Waals surface area contributed by atoms with Gasteiger partial charge in [0.1, 0.15) is 0 Å². The Morgan fingerprint density at radius 1 is 1.60 bits per heavy atom. The molecule has 1 rings (SSSR count). The monoisotopic (exact) mass is 229 g/mol. The van der Waals surface area contributed by atoms with Crippen LogP contribution in [0.2, 0.25) is 0 Å². The van der Waals surface area contributed by atoms with Crippen LogP contribution in [0.4, 0.5) is 9.93 Å². The number of nitrogens with two attached hydrogens (primary N) is 1. The predicted octanol–water partition coefficient (Wildman–Crippen LogP) is 2.12. The van der Waals surface area contributed by atoms with E-state index in [4.69, 9.17) is 10.5 Å². The number of ether oxygens (including phenoxy) is 1. The van der Waals surface area contributed by atoms with Crippen LogP contribution in [0.3, 0.4) is 0 Å². The minimum atomic E-state index is -0.490.